The predicted octanol–water partition coefficient (Wildman–Crippen LogP) is 4.46. The first-order valence-corrected chi connectivity index (χ1v) is 6.15. The molecule has 1 aromatic rings. The molecular formula is C15H23N. The molecule has 0 saturated carbocycles. The Balaban J connectivity index is 2.23. The van der Waals surface area contributed by atoms with Gasteiger partial charge in [-0.05, 0) is 56.4 Å². The molecule has 0 bridgehead atoms. The van der Waals surface area contributed by atoms with E-state index in [0.717, 1.165) is 13.0 Å². The molecule has 88 valence electrons. The minimum atomic E-state index is 1.07. The Morgan fingerprint density at radius 1 is 1.06 bits per heavy atom. The Bertz CT molecular complexity index is 308. The van der Waals surface area contributed by atoms with Crippen molar-refractivity contribution in [2.45, 2.75) is 39.5 Å². The second-order valence-electron chi connectivity index (χ2n) is 4.44. The van der Waals surface area contributed by atoms with Gasteiger partial charge in [-0.1, -0.05) is 18.6 Å². The van der Waals surface area contributed by atoms with Gasteiger partial charge in [-0.15, -0.1) is 6.58 Å². The van der Waals surface area contributed by atoms with Crippen LogP contribution in [0.15, 0.2) is 30.9 Å². The maximum Gasteiger partial charge on any atom is 0.0345 e. The molecule has 1 aromatic carbocycles. The van der Waals surface area contributed by atoms with Crippen LogP contribution in [0.1, 0.15) is 36.8 Å². The zero-order valence-corrected chi connectivity index (χ0v) is 10.6. The zero-order valence-electron chi connectivity index (χ0n) is 10.6. The molecule has 0 spiro atoms. The second-order valence-corrected chi connectivity index (χ2v) is 4.44. The Morgan fingerprint density at radius 2 is 1.75 bits per heavy atom. The maximum atomic E-state index is 3.73. The van der Waals surface area contributed by atoms with E-state index in [9.17, 15) is 0 Å². The fourth-order valence-corrected chi connectivity index (χ4v) is 1.90. The van der Waals surface area contributed by atoms with E-state index in [4.69, 9.17) is 0 Å². The molecule has 1 heteroatoms. The van der Waals surface area contributed by atoms with Crippen LogP contribution in [0.4, 0.5) is 5.69 Å². The highest BCUT2D eigenvalue weighted by Crippen LogP contribution is 2.13. The molecule has 16 heavy (non-hydrogen) atoms. The summed E-state index contributed by atoms with van der Waals surface area (Å²) in [5.41, 5.74) is 3.91. The number of benzene rings is 1. The summed E-state index contributed by atoms with van der Waals surface area (Å²) in [6.07, 6.45) is 6.92. The van der Waals surface area contributed by atoms with E-state index in [-0.39, 0.29) is 0 Å². The maximum absolute atomic E-state index is 3.73. The van der Waals surface area contributed by atoms with Crippen LogP contribution < -0.4 is 5.32 Å². The number of hydrogen-bond acceptors (Lipinski definition) is 1. The molecule has 0 aliphatic carbocycles. The van der Waals surface area contributed by atoms with Gasteiger partial charge < -0.3 is 5.32 Å². The average Bonchev–Trinajstić information content (AvgIpc) is 2.22. The first-order chi connectivity index (χ1) is 7.72. The number of unbranched alkanes of at least 4 members (excludes halogenated alkanes) is 3. The highest BCUT2D eigenvalue weighted by Gasteiger charge is 1.94. The minimum absolute atomic E-state index is 1.07. The summed E-state index contributed by atoms with van der Waals surface area (Å²) >= 11 is 0. The van der Waals surface area contributed by atoms with Crippen molar-refractivity contribution in [2.75, 3.05) is 11.9 Å². The lowest BCUT2D eigenvalue weighted by molar-refractivity contribution is 0.709. The summed E-state index contributed by atoms with van der Waals surface area (Å²) in [4.78, 5) is 0. The number of rotatable bonds is 7. The summed E-state index contributed by atoms with van der Waals surface area (Å²) in [7, 11) is 0. The van der Waals surface area contributed by atoms with Gasteiger partial charge in [0.25, 0.3) is 0 Å². The Kier molecular flexibility index (Phi) is 5.69. The number of nitrogens with one attached hydrogen (secondary N) is 1. The van der Waals surface area contributed by atoms with Gasteiger partial charge in [0.1, 0.15) is 0 Å². The first-order valence-electron chi connectivity index (χ1n) is 6.15. The van der Waals surface area contributed by atoms with Crippen LogP contribution in [0.3, 0.4) is 0 Å². The van der Waals surface area contributed by atoms with Crippen molar-refractivity contribution in [1.29, 1.82) is 0 Å². The third kappa shape index (κ3) is 5.01. The van der Waals surface area contributed by atoms with Crippen molar-refractivity contribution in [1.82, 2.24) is 0 Å². The van der Waals surface area contributed by atoms with Crippen LogP contribution in [0.25, 0.3) is 0 Å². The molecule has 0 aliphatic rings. The van der Waals surface area contributed by atoms with Crippen molar-refractivity contribution < 1.29 is 0 Å². The van der Waals surface area contributed by atoms with Crippen molar-refractivity contribution in [3.8, 4) is 0 Å². The van der Waals surface area contributed by atoms with E-state index in [1.54, 1.807) is 0 Å². The number of hydrogen-bond donors (Lipinski definition) is 1. The van der Waals surface area contributed by atoms with E-state index in [1.165, 1.54) is 36.1 Å². The first kappa shape index (κ1) is 12.8. The van der Waals surface area contributed by atoms with Gasteiger partial charge >= 0.3 is 0 Å². The number of anilines is 1. The monoisotopic (exact) mass is 217 g/mol. The zero-order chi connectivity index (χ0) is 11.8. The van der Waals surface area contributed by atoms with Gasteiger partial charge in [0.05, 0.1) is 0 Å². The Morgan fingerprint density at radius 3 is 2.38 bits per heavy atom. The summed E-state index contributed by atoms with van der Waals surface area (Å²) in [6.45, 7) is 9.08. The van der Waals surface area contributed by atoms with Crippen LogP contribution >= 0.6 is 0 Å². The Hall–Kier alpha value is -1.24. The van der Waals surface area contributed by atoms with Crippen LogP contribution in [0, 0.1) is 13.8 Å². The third-order valence-corrected chi connectivity index (χ3v) is 2.64. The van der Waals surface area contributed by atoms with Crippen molar-refractivity contribution in [2.24, 2.45) is 0 Å². The molecule has 1 rings (SSSR count). The lowest BCUT2D eigenvalue weighted by atomic mass is 10.1. The van der Waals surface area contributed by atoms with E-state index in [1.807, 2.05) is 6.08 Å². The fraction of sp³-hybridized carbons (Fsp3) is 0.467. The predicted molar refractivity (Wildman–Crippen MR) is 73.1 cm³/mol. The molecule has 0 saturated heterocycles. The highest BCUT2D eigenvalue weighted by atomic mass is 14.9. The molecule has 0 unspecified atom stereocenters. The van der Waals surface area contributed by atoms with E-state index >= 15 is 0 Å². The van der Waals surface area contributed by atoms with Gasteiger partial charge in [-0.2, -0.15) is 0 Å². The van der Waals surface area contributed by atoms with E-state index in [2.05, 4.69) is 43.9 Å². The Labute approximate surface area is 99.6 Å². The normalized spacial score (nSPS) is 10.1. The van der Waals surface area contributed by atoms with Gasteiger partial charge in [0.15, 0.2) is 0 Å². The standard InChI is InChI=1S/C15H23N/c1-4-5-6-7-8-9-16-15-11-13(2)10-14(3)12-15/h4,10-12,16H,1,5-9H2,2-3H3. The van der Waals surface area contributed by atoms with E-state index in [0.29, 0.717) is 0 Å². The molecule has 0 heterocycles. The minimum Gasteiger partial charge on any atom is -0.385 e. The third-order valence-electron chi connectivity index (χ3n) is 2.64. The summed E-state index contributed by atoms with van der Waals surface area (Å²) in [6, 6.07) is 6.61. The largest absolute Gasteiger partial charge is 0.385 e. The molecule has 0 radical (unpaired) electrons. The average molecular weight is 217 g/mol. The molecule has 0 aromatic heterocycles. The van der Waals surface area contributed by atoms with Crippen LogP contribution in [0.5, 0.6) is 0 Å². The number of aryl methyl sites for hydroxylation is 2. The van der Waals surface area contributed by atoms with Gasteiger partial charge in [0.2, 0.25) is 0 Å². The SMILES string of the molecule is C=CCCCCCNc1cc(C)cc(C)c1. The van der Waals surface area contributed by atoms with Gasteiger partial charge in [-0.25, -0.2) is 0 Å². The van der Waals surface area contributed by atoms with Crippen molar-refractivity contribution in [3.05, 3.63) is 42.0 Å². The van der Waals surface area contributed by atoms with Gasteiger partial charge in [0, 0.05) is 12.2 Å². The van der Waals surface area contributed by atoms with Crippen LogP contribution in [-0.2, 0) is 0 Å². The molecule has 0 amide bonds. The van der Waals surface area contributed by atoms with E-state index < -0.39 is 0 Å². The second kappa shape index (κ2) is 7.10. The molecule has 0 atom stereocenters. The highest BCUT2D eigenvalue weighted by molar-refractivity contribution is 5.48. The number of allylic oxidation sites excluding steroid dienone is 1. The quantitative estimate of drug-likeness (QED) is 0.525. The van der Waals surface area contributed by atoms with Crippen LogP contribution in [0.2, 0.25) is 0 Å². The fourth-order valence-electron chi connectivity index (χ4n) is 1.90. The van der Waals surface area contributed by atoms with Gasteiger partial charge in [-0.3, -0.25) is 0 Å². The summed E-state index contributed by atoms with van der Waals surface area (Å²) in [5, 5.41) is 3.48. The lowest BCUT2D eigenvalue weighted by Gasteiger charge is -2.08. The smallest absolute Gasteiger partial charge is 0.0345 e. The van der Waals surface area contributed by atoms with Crippen LogP contribution in [-0.4, -0.2) is 6.54 Å². The molecule has 0 fully saturated rings. The molecule has 1 nitrogen and oxygen atoms in total. The van der Waals surface area contributed by atoms with Crippen molar-refractivity contribution >= 4 is 5.69 Å². The lowest BCUT2D eigenvalue weighted by Crippen LogP contribution is -2.01. The van der Waals surface area contributed by atoms with Crippen molar-refractivity contribution in [3.63, 3.8) is 0 Å². The molecule has 0 aliphatic heterocycles. The topological polar surface area (TPSA) is 12.0 Å². The summed E-state index contributed by atoms with van der Waals surface area (Å²) in [5.74, 6) is 0. The summed E-state index contributed by atoms with van der Waals surface area (Å²) < 4.78 is 0. The molecule has 1 N–H and O–H groups in total. The molecular weight excluding hydrogens is 194 g/mol.